The minimum atomic E-state index is -3.09. The molecule has 2 aromatic rings. The molecule has 1 aliphatic heterocycles. The van der Waals surface area contributed by atoms with Crippen molar-refractivity contribution in [1.82, 2.24) is 25.3 Å². The van der Waals surface area contributed by atoms with Crippen LogP contribution in [0.15, 0.2) is 42.7 Å². The normalized spacial score (nSPS) is 16.8. The maximum Gasteiger partial charge on any atom is 0.255 e. The number of benzene rings is 1. The van der Waals surface area contributed by atoms with Gasteiger partial charge in [0.15, 0.2) is 9.84 Å². The van der Waals surface area contributed by atoms with Gasteiger partial charge in [-0.3, -0.25) is 9.59 Å². The molecule has 3 rings (SSSR count). The molecule has 1 fully saturated rings. The number of sulfone groups is 1. The molecule has 1 saturated heterocycles. The lowest BCUT2D eigenvalue weighted by Gasteiger charge is -2.30. The van der Waals surface area contributed by atoms with E-state index >= 15 is 0 Å². The quantitative estimate of drug-likeness (QED) is 0.576. The topological polar surface area (TPSA) is 113 Å². The van der Waals surface area contributed by atoms with Crippen molar-refractivity contribution in [3.63, 3.8) is 0 Å². The van der Waals surface area contributed by atoms with Gasteiger partial charge in [0.1, 0.15) is 6.04 Å². The Morgan fingerprint density at radius 3 is 2.53 bits per heavy atom. The second-order valence-electron chi connectivity index (χ2n) is 7.26. The van der Waals surface area contributed by atoms with Gasteiger partial charge in [-0.1, -0.05) is 18.2 Å². The van der Waals surface area contributed by atoms with Crippen LogP contribution in [-0.2, 0) is 14.6 Å². The Morgan fingerprint density at radius 1 is 1.17 bits per heavy atom. The number of nitrogens with zero attached hydrogens (tertiary/aromatic N) is 3. The van der Waals surface area contributed by atoms with Gasteiger partial charge in [0, 0.05) is 19.3 Å². The molecule has 1 atom stereocenters. The van der Waals surface area contributed by atoms with E-state index in [1.165, 1.54) is 11.1 Å². The number of aromatic nitrogens is 2. The first-order valence-corrected chi connectivity index (χ1v) is 11.8. The molecule has 0 radical (unpaired) electrons. The molecule has 2 N–H and O–H groups in total. The van der Waals surface area contributed by atoms with E-state index in [0.717, 1.165) is 5.69 Å². The van der Waals surface area contributed by atoms with Crippen LogP contribution in [0.1, 0.15) is 23.2 Å². The Morgan fingerprint density at radius 2 is 1.87 bits per heavy atom. The summed E-state index contributed by atoms with van der Waals surface area (Å²) in [6.45, 7) is 1.02. The van der Waals surface area contributed by atoms with Crippen LogP contribution >= 0.6 is 0 Å². The third-order valence-corrected chi connectivity index (χ3v) is 6.65. The number of hydrogen-bond acceptors (Lipinski definition) is 6. The average molecular weight is 434 g/mol. The number of hydrogen-bond donors (Lipinski definition) is 2. The van der Waals surface area contributed by atoms with Gasteiger partial charge in [0.2, 0.25) is 5.91 Å². The number of nitrogens with one attached hydrogen (secondary N) is 2. The van der Waals surface area contributed by atoms with Gasteiger partial charge in [-0.2, -0.15) is 5.10 Å². The van der Waals surface area contributed by atoms with E-state index in [1.807, 2.05) is 37.4 Å². The summed E-state index contributed by atoms with van der Waals surface area (Å²) in [5.74, 6) is -0.714. The first-order valence-electron chi connectivity index (χ1n) is 9.94. The van der Waals surface area contributed by atoms with Crippen LogP contribution in [0.3, 0.4) is 0 Å². The largest absolute Gasteiger partial charge is 0.340 e. The Balaban J connectivity index is 1.69. The van der Waals surface area contributed by atoms with Gasteiger partial charge in [-0.25, -0.2) is 13.1 Å². The molecular formula is C20H27N5O4S. The van der Waals surface area contributed by atoms with E-state index in [2.05, 4.69) is 15.7 Å². The fraction of sp³-hybridized carbons (Fsp3) is 0.450. The van der Waals surface area contributed by atoms with Crippen LogP contribution in [0.25, 0.3) is 5.69 Å². The first-order chi connectivity index (χ1) is 14.4. The summed E-state index contributed by atoms with van der Waals surface area (Å²) in [6.07, 6.45) is 4.24. The molecule has 0 spiro atoms. The van der Waals surface area contributed by atoms with E-state index in [-0.39, 0.29) is 36.4 Å². The van der Waals surface area contributed by atoms with Crippen LogP contribution in [-0.4, -0.2) is 79.1 Å². The zero-order chi connectivity index (χ0) is 21.6. The summed E-state index contributed by atoms with van der Waals surface area (Å²) < 4.78 is 24.9. The number of carbonyl (C=O) groups is 2. The van der Waals surface area contributed by atoms with Crippen LogP contribution < -0.4 is 10.6 Å². The molecule has 0 unspecified atom stereocenters. The predicted molar refractivity (Wildman–Crippen MR) is 113 cm³/mol. The zero-order valence-corrected chi connectivity index (χ0v) is 17.8. The third-order valence-electron chi connectivity index (χ3n) is 5.04. The Bertz CT molecular complexity index is 960. The molecule has 2 amide bonds. The number of carbonyl (C=O) groups excluding carboxylic acids is 2. The minimum absolute atomic E-state index is 0.0419. The zero-order valence-electron chi connectivity index (χ0n) is 17.0. The van der Waals surface area contributed by atoms with Crippen molar-refractivity contribution in [3.8, 4) is 5.69 Å². The molecule has 30 heavy (non-hydrogen) atoms. The number of rotatable bonds is 8. The standard InChI is InChI=1S/C20H27N5O4S/c1-21-9-5-8-18(20(27)24-10-12-30(28,29)13-11-24)23-19(26)16-14-22-25(15-16)17-6-3-2-4-7-17/h2-4,6-7,14-15,18,21H,5,8-13H2,1H3,(H,23,26)/t18-/m0/s1. The average Bonchev–Trinajstić information content (AvgIpc) is 3.24. The molecule has 0 aliphatic carbocycles. The molecule has 1 aliphatic rings. The molecule has 2 heterocycles. The van der Waals surface area contributed by atoms with E-state index in [0.29, 0.717) is 24.9 Å². The maximum atomic E-state index is 13.0. The summed E-state index contributed by atoms with van der Waals surface area (Å²) >= 11 is 0. The van der Waals surface area contributed by atoms with Crippen molar-refractivity contribution in [2.24, 2.45) is 0 Å². The predicted octanol–water partition coefficient (Wildman–Crippen LogP) is 0.227. The fourth-order valence-corrected chi connectivity index (χ4v) is 4.50. The molecule has 1 aromatic heterocycles. The van der Waals surface area contributed by atoms with E-state index < -0.39 is 15.9 Å². The van der Waals surface area contributed by atoms with Gasteiger partial charge < -0.3 is 15.5 Å². The van der Waals surface area contributed by atoms with Crippen molar-refractivity contribution < 1.29 is 18.0 Å². The highest BCUT2D eigenvalue weighted by molar-refractivity contribution is 7.91. The lowest BCUT2D eigenvalue weighted by molar-refractivity contribution is -0.133. The maximum absolute atomic E-state index is 13.0. The third kappa shape index (κ3) is 5.67. The molecule has 1 aromatic carbocycles. The second-order valence-corrected chi connectivity index (χ2v) is 9.56. The van der Waals surface area contributed by atoms with Crippen LogP contribution in [0, 0.1) is 0 Å². The summed E-state index contributed by atoms with van der Waals surface area (Å²) in [4.78, 5) is 27.3. The highest BCUT2D eigenvalue weighted by atomic mass is 32.2. The number of amides is 2. The molecule has 0 bridgehead atoms. The van der Waals surface area contributed by atoms with E-state index in [4.69, 9.17) is 0 Å². The van der Waals surface area contributed by atoms with Crippen molar-refractivity contribution >= 4 is 21.7 Å². The van der Waals surface area contributed by atoms with Crippen LogP contribution in [0.4, 0.5) is 0 Å². The van der Waals surface area contributed by atoms with Crippen molar-refractivity contribution in [2.75, 3.05) is 38.2 Å². The van der Waals surface area contributed by atoms with Gasteiger partial charge in [-0.05, 0) is 38.6 Å². The van der Waals surface area contributed by atoms with Gasteiger partial charge >= 0.3 is 0 Å². The molecule has 9 nitrogen and oxygen atoms in total. The molecular weight excluding hydrogens is 406 g/mol. The Labute approximate surface area is 176 Å². The smallest absolute Gasteiger partial charge is 0.255 e. The van der Waals surface area contributed by atoms with Crippen molar-refractivity contribution in [1.29, 1.82) is 0 Å². The molecule has 0 saturated carbocycles. The summed E-state index contributed by atoms with van der Waals surface area (Å²) in [5, 5.41) is 10.1. The summed E-state index contributed by atoms with van der Waals surface area (Å²) in [6, 6.07) is 8.70. The Kier molecular flexibility index (Phi) is 7.22. The van der Waals surface area contributed by atoms with Crippen LogP contribution in [0.2, 0.25) is 0 Å². The van der Waals surface area contributed by atoms with Gasteiger partial charge in [0.05, 0.1) is 29.0 Å². The molecule has 162 valence electrons. The SMILES string of the molecule is CNCCC[C@H](NC(=O)c1cnn(-c2ccccc2)c1)C(=O)N1CCS(=O)(=O)CC1. The lowest BCUT2D eigenvalue weighted by Crippen LogP contribution is -2.53. The lowest BCUT2D eigenvalue weighted by atomic mass is 10.1. The highest BCUT2D eigenvalue weighted by Crippen LogP contribution is 2.11. The number of para-hydroxylation sites is 1. The van der Waals surface area contributed by atoms with Crippen molar-refractivity contribution in [2.45, 2.75) is 18.9 Å². The second kappa shape index (κ2) is 9.86. The fourth-order valence-electron chi connectivity index (χ4n) is 3.30. The Hall–Kier alpha value is -2.72. The first kappa shape index (κ1) is 22.0. The van der Waals surface area contributed by atoms with Crippen molar-refractivity contribution in [3.05, 3.63) is 48.3 Å². The van der Waals surface area contributed by atoms with Gasteiger partial charge in [-0.15, -0.1) is 0 Å². The summed E-state index contributed by atoms with van der Waals surface area (Å²) in [5.41, 5.74) is 1.18. The van der Waals surface area contributed by atoms with E-state index in [1.54, 1.807) is 10.9 Å². The highest BCUT2D eigenvalue weighted by Gasteiger charge is 2.30. The van der Waals surface area contributed by atoms with Crippen LogP contribution in [0.5, 0.6) is 0 Å². The van der Waals surface area contributed by atoms with E-state index in [9.17, 15) is 18.0 Å². The minimum Gasteiger partial charge on any atom is -0.340 e. The van der Waals surface area contributed by atoms with Gasteiger partial charge in [0.25, 0.3) is 5.91 Å². The molecule has 10 heteroatoms. The monoisotopic (exact) mass is 433 g/mol. The summed E-state index contributed by atoms with van der Waals surface area (Å²) in [7, 11) is -1.27.